The maximum absolute atomic E-state index is 13.9. The van der Waals surface area contributed by atoms with Crippen molar-refractivity contribution in [2.75, 3.05) is 5.32 Å². The van der Waals surface area contributed by atoms with Gasteiger partial charge in [0.1, 0.15) is 0 Å². The molecule has 0 unspecified atom stereocenters. The van der Waals surface area contributed by atoms with Gasteiger partial charge in [-0.25, -0.2) is 9.97 Å². The highest BCUT2D eigenvalue weighted by atomic mass is 19.4. The van der Waals surface area contributed by atoms with Crippen LogP contribution in [0.15, 0.2) is 67.0 Å². The van der Waals surface area contributed by atoms with Crippen LogP contribution < -0.4 is 11.1 Å². The van der Waals surface area contributed by atoms with Crippen molar-refractivity contribution in [2.24, 2.45) is 5.73 Å². The van der Waals surface area contributed by atoms with Gasteiger partial charge >= 0.3 is 6.18 Å². The smallest absolute Gasteiger partial charge is 0.366 e. The van der Waals surface area contributed by atoms with E-state index in [1.807, 2.05) is 32.9 Å². The predicted octanol–water partition coefficient (Wildman–Crippen LogP) is 6.54. The zero-order valence-electron chi connectivity index (χ0n) is 21.3. The molecule has 0 saturated carbocycles. The highest BCUT2D eigenvalue weighted by Crippen LogP contribution is 2.40. The minimum atomic E-state index is -4.68. The molecule has 0 aliphatic heterocycles. The number of halogens is 3. The maximum atomic E-state index is 13.9. The molecule has 1 amide bonds. The van der Waals surface area contributed by atoms with Crippen LogP contribution in [0.5, 0.6) is 0 Å². The Hall–Kier alpha value is -4.86. The molecule has 10 heteroatoms. The molecule has 3 N–H and O–H groups in total. The number of pyridine rings is 2. The van der Waals surface area contributed by atoms with Crippen LogP contribution in [-0.4, -0.2) is 25.8 Å². The van der Waals surface area contributed by atoms with E-state index in [1.165, 1.54) is 12.1 Å². The number of anilines is 2. The van der Waals surface area contributed by atoms with Crippen LogP contribution in [0.1, 0.15) is 32.9 Å². The zero-order chi connectivity index (χ0) is 27.9. The summed E-state index contributed by atoms with van der Waals surface area (Å²) in [5, 5.41) is 3.86. The van der Waals surface area contributed by atoms with E-state index in [-0.39, 0.29) is 16.7 Å². The first kappa shape index (κ1) is 25.8. The third-order valence-electron chi connectivity index (χ3n) is 6.38. The van der Waals surface area contributed by atoms with Gasteiger partial charge in [0.2, 0.25) is 11.9 Å². The summed E-state index contributed by atoms with van der Waals surface area (Å²) in [5.74, 6) is -0.563. The Morgan fingerprint density at radius 3 is 2.44 bits per heavy atom. The van der Waals surface area contributed by atoms with E-state index in [0.717, 1.165) is 28.7 Å². The van der Waals surface area contributed by atoms with Crippen molar-refractivity contribution in [3.05, 3.63) is 95.1 Å². The van der Waals surface area contributed by atoms with Gasteiger partial charge in [0.15, 0.2) is 0 Å². The van der Waals surface area contributed by atoms with Crippen LogP contribution in [0.3, 0.4) is 0 Å². The van der Waals surface area contributed by atoms with Crippen LogP contribution >= 0.6 is 0 Å². The van der Waals surface area contributed by atoms with E-state index in [0.29, 0.717) is 28.1 Å². The molecule has 196 valence electrons. The summed E-state index contributed by atoms with van der Waals surface area (Å²) in [5.41, 5.74) is 9.23. The summed E-state index contributed by atoms with van der Waals surface area (Å²) in [6.07, 6.45) is -1.44. The quantitative estimate of drug-likeness (QED) is 0.268. The first-order valence-corrected chi connectivity index (χ1v) is 12.0. The molecule has 5 rings (SSSR count). The summed E-state index contributed by atoms with van der Waals surface area (Å²) >= 11 is 0. The SMILES string of the molecule is Cc1ccc(Nc2ncc3cc(-c4cc(-c5c(C(N)=O)cccc5C(F)(F)F)ccc4C)ncc3n2)c(C)n1. The fourth-order valence-corrected chi connectivity index (χ4v) is 4.44. The van der Waals surface area contributed by atoms with Gasteiger partial charge in [-0.05, 0) is 68.3 Å². The van der Waals surface area contributed by atoms with E-state index in [9.17, 15) is 18.0 Å². The number of hydrogen-bond donors (Lipinski definition) is 2. The number of nitrogens with zero attached hydrogens (tertiary/aromatic N) is 4. The summed E-state index contributed by atoms with van der Waals surface area (Å²) in [7, 11) is 0. The standard InChI is InChI=1S/C29H23F3N6O/c1-15-7-9-18(26-20(27(33)39)5-4-6-22(26)29(30,31)32)11-21(15)24-12-19-13-35-28(38-25(19)14-34-24)37-23-10-8-16(2)36-17(23)3/h4-14H,1-3H3,(H2,33,39)(H,35,37,38). The number of alkyl halides is 3. The van der Waals surface area contributed by atoms with Crippen molar-refractivity contribution in [3.63, 3.8) is 0 Å². The molecule has 2 aromatic carbocycles. The lowest BCUT2D eigenvalue weighted by molar-refractivity contribution is -0.137. The minimum absolute atomic E-state index is 0.206. The number of benzene rings is 2. The van der Waals surface area contributed by atoms with Gasteiger partial charge in [-0.1, -0.05) is 18.2 Å². The molecule has 0 aliphatic rings. The predicted molar refractivity (Wildman–Crippen MR) is 143 cm³/mol. The average Bonchev–Trinajstić information content (AvgIpc) is 2.89. The molecule has 7 nitrogen and oxygen atoms in total. The number of fused-ring (bicyclic) bond motifs is 1. The summed E-state index contributed by atoms with van der Waals surface area (Å²) in [4.78, 5) is 29.9. The van der Waals surface area contributed by atoms with E-state index < -0.39 is 17.6 Å². The topological polar surface area (TPSA) is 107 Å². The molecule has 0 fully saturated rings. The molecule has 0 bridgehead atoms. The number of carbonyl (C=O) groups excluding carboxylic acids is 1. The molecule has 5 aromatic rings. The van der Waals surface area contributed by atoms with E-state index in [2.05, 4.69) is 25.3 Å². The first-order chi connectivity index (χ1) is 18.5. The van der Waals surface area contributed by atoms with Crippen LogP contribution in [0.2, 0.25) is 0 Å². The van der Waals surface area contributed by atoms with Crippen molar-refractivity contribution >= 4 is 28.4 Å². The highest BCUT2D eigenvalue weighted by Gasteiger charge is 2.35. The second-order valence-corrected chi connectivity index (χ2v) is 9.15. The third kappa shape index (κ3) is 5.13. The van der Waals surface area contributed by atoms with Crippen molar-refractivity contribution in [2.45, 2.75) is 26.9 Å². The lowest BCUT2D eigenvalue weighted by Crippen LogP contribution is -2.16. The highest BCUT2D eigenvalue weighted by molar-refractivity contribution is 6.01. The van der Waals surface area contributed by atoms with Crippen LogP contribution in [-0.2, 0) is 6.18 Å². The van der Waals surface area contributed by atoms with E-state index >= 15 is 0 Å². The number of amides is 1. The maximum Gasteiger partial charge on any atom is 0.417 e. The second-order valence-electron chi connectivity index (χ2n) is 9.15. The summed E-state index contributed by atoms with van der Waals surface area (Å²) < 4.78 is 41.6. The van der Waals surface area contributed by atoms with Gasteiger partial charge in [-0.15, -0.1) is 0 Å². The number of primary amides is 1. The molecular formula is C29H23F3N6O. The minimum Gasteiger partial charge on any atom is -0.366 e. The Morgan fingerprint density at radius 1 is 0.923 bits per heavy atom. The van der Waals surface area contributed by atoms with Crippen LogP contribution in [0, 0.1) is 20.8 Å². The summed E-state index contributed by atoms with van der Waals surface area (Å²) in [6.45, 7) is 5.63. The van der Waals surface area contributed by atoms with Gasteiger partial charge in [0, 0.05) is 34.0 Å². The first-order valence-electron chi connectivity index (χ1n) is 12.0. The fraction of sp³-hybridized carbons (Fsp3) is 0.138. The molecular weight excluding hydrogens is 505 g/mol. The van der Waals surface area contributed by atoms with Crippen molar-refractivity contribution in [3.8, 4) is 22.4 Å². The Bertz CT molecular complexity index is 1750. The van der Waals surface area contributed by atoms with Gasteiger partial charge < -0.3 is 11.1 Å². The number of rotatable bonds is 5. The number of nitrogens with two attached hydrogens (primary N) is 1. The molecule has 3 heterocycles. The molecule has 0 saturated heterocycles. The molecule has 39 heavy (non-hydrogen) atoms. The fourth-order valence-electron chi connectivity index (χ4n) is 4.44. The number of nitrogens with one attached hydrogen (secondary N) is 1. The monoisotopic (exact) mass is 528 g/mol. The van der Waals surface area contributed by atoms with Crippen molar-refractivity contribution in [1.29, 1.82) is 0 Å². The van der Waals surface area contributed by atoms with Gasteiger partial charge in [-0.2, -0.15) is 13.2 Å². The van der Waals surface area contributed by atoms with Gasteiger partial charge in [0.25, 0.3) is 0 Å². The second kappa shape index (κ2) is 9.79. The number of carbonyl (C=O) groups is 1. The lowest BCUT2D eigenvalue weighted by atomic mass is 9.90. The Balaban J connectivity index is 1.56. The lowest BCUT2D eigenvalue weighted by Gasteiger charge is -2.17. The number of hydrogen-bond acceptors (Lipinski definition) is 6. The van der Waals surface area contributed by atoms with E-state index in [4.69, 9.17) is 5.73 Å². The number of aryl methyl sites for hydroxylation is 3. The molecule has 3 aromatic heterocycles. The van der Waals surface area contributed by atoms with Crippen molar-refractivity contribution < 1.29 is 18.0 Å². The summed E-state index contributed by atoms with van der Waals surface area (Å²) in [6, 6.07) is 13.8. The largest absolute Gasteiger partial charge is 0.417 e. The Kier molecular flexibility index (Phi) is 6.47. The third-order valence-corrected chi connectivity index (χ3v) is 6.38. The van der Waals surface area contributed by atoms with Gasteiger partial charge in [-0.3, -0.25) is 14.8 Å². The van der Waals surface area contributed by atoms with Gasteiger partial charge in [0.05, 0.1) is 34.4 Å². The molecule has 0 atom stereocenters. The Morgan fingerprint density at radius 2 is 1.72 bits per heavy atom. The Labute approximate surface area is 222 Å². The number of aromatic nitrogens is 4. The normalized spacial score (nSPS) is 11.5. The van der Waals surface area contributed by atoms with E-state index in [1.54, 1.807) is 36.7 Å². The molecule has 0 spiro atoms. The van der Waals surface area contributed by atoms with Crippen LogP contribution in [0.4, 0.5) is 24.8 Å². The molecule has 0 aliphatic carbocycles. The average molecular weight is 529 g/mol. The zero-order valence-corrected chi connectivity index (χ0v) is 21.3. The molecule has 0 radical (unpaired) electrons. The van der Waals surface area contributed by atoms with Crippen molar-refractivity contribution in [1.82, 2.24) is 19.9 Å². The van der Waals surface area contributed by atoms with Crippen LogP contribution in [0.25, 0.3) is 33.3 Å².